The maximum absolute atomic E-state index is 12.5. The van der Waals surface area contributed by atoms with Crippen LogP contribution in [0.3, 0.4) is 0 Å². The molecule has 2 heterocycles. The fourth-order valence-electron chi connectivity index (χ4n) is 3.29. The maximum atomic E-state index is 12.5. The molecule has 0 spiro atoms. The van der Waals surface area contributed by atoms with Crippen LogP contribution in [0, 0.1) is 5.92 Å². The van der Waals surface area contributed by atoms with Gasteiger partial charge in [0.25, 0.3) is 11.8 Å². The number of amides is 3. The number of benzene rings is 1. The van der Waals surface area contributed by atoms with Crippen LogP contribution in [0.1, 0.15) is 34.1 Å². The van der Waals surface area contributed by atoms with Gasteiger partial charge in [-0.3, -0.25) is 19.3 Å². The van der Waals surface area contributed by atoms with Gasteiger partial charge in [-0.05, 0) is 44.0 Å². The summed E-state index contributed by atoms with van der Waals surface area (Å²) in [5.41, 5.74) is 6.36. The molecule has 2 aliphatic heterocycles. The van der Waals surface area contributed by atoms with E-state index >= 15 is 0 Å². The van der Waals surface area contributed by atoms with Crippen molar-refractivity contribution < 1.29 is 14.4 Å². The van der Waals surface area contributed by atoms with Gasteiger partial charge in [0.05, 0.1) is 11.1 Å². The SMILES string of the molecule is CC1CC(CN)CN1C(=O)CN1C(=O)c2ccc(Br)cc2C1=O. The molecule has 23 heavy (non-hydrogen) atoms. The first-order valence-electron chi connectivity index (χ1n) is 7.57. The van der Waals surface area contributed by atoms with E-state index in [1.807, 2.05) is 6.92 Å². The van der Waals surface area contributed by atoms with E-state index in [0.29, 0.717) is 24.2 Å². The maximum Gasteiger partial charge on any atom is 0.262 e. The van der Waals surface area contributed by atoms with Gasteiger partial charge >= 0.3 is 0 Å². The fraction of sp³-hybridized carbons (Fsp3) is 0.438. The van der Waals surface area contributed by atoms with Crippen LogP contribution in [0.25, 0.3) is 0 Å². The lowest BCUT2D eigenvalue weighted by Gasteiger charge is -2.24. The molecule has 1 aromatic rings. The molecule has 0 aliphatic carbocycles. The Balaban J connectivity index is 1.75. The van der Waals surface area contributed by atoms with Crippen LogP contribution in [-0.4, -0.2) is 53.2 Å². The van der Waals surface area contributed by atoms with Crippen molar-refractivity contribution in [2.45, 2.75) is 19.4 Å². The molecule has 1 saturated heterocycles. The third-order valence-electron chi connectivity index (χ3n) is 4.54. The van der Waals surface area contributed by atoms with Gasteiger partial charge < -0.3 is 10.6 Å². The second-order valence-corrected chi connectivity index (χ2v) is 7.03. The van der Waals surface area contributed by atoms with Crippen LogP contribution in [0.4, 0.5) is 0 Å². The minimum absolute atomic E-state index is 0.0837. The average molecular weight is 380 g/mol. The van der Waals surface area contributed by atoms with Gasteiger partial charge in [-0.1, -0.05) is 15.9 Å². The quantitative estimate of drug-likeness (QED) is 0.800. The highest BCUT2D eigenvalue weighted by atomic mass is 79.9. The lowest BCUT2D eigenvalue weighted by molar-refractivity contribution is -0.132. The Bertz CT molecular complexity index is 691. The molecule has 7 heteroatoms. The number of rotatable bonds is 3. The molecule has 1 fully saturated rings. The van der Waals surface area contributed by atoms with Crippen LogP contribution in [0.15, 0.2) is 22.7 Å². The van der Waals surface area contributed by atoms with Crippen molar-refractivity contribution in [3.05, 3.63) is 33.8 Å². The molecule has 2 unspecified atom stereocenters. The highest BCUT2D eigenvalue weighted by Gasteiger charge is 2.39. The largest absolute Gasteiger partial charge is 0.338 e. The Morgan fingerprint density at radius 3 is 2.65 bits per heavy atom. The van der Waals surface area contributed by atoms with Gasteiger partial charge in [0.2, 0.25) is 5.91 Å². The Labute approximate surface area is 142 Å². The summed E-state index contributed by atoms with van der Waals surface area (Å²) >= 11 is 3.29. The number of halogens is 1. The average Bonchev–Trinajstić information content (AvgIpc) is 3.01. The predicted octanol–water partition coefficient (Wildman–Crippen LogP) is 1.24. The Kier molecular flexibility index (Phi) is 4.25. The smallest absolute Gasteiger partial charge is 0.262 e. The number of hydrogen-bond acceptors (Lipinski definition) is 4. The molecule has 3 amide bonds. The van der Waals surface area contributed by atoms with Gasteiger partial charge in [-0.2, -0.15) is 0 Å². The third-order valence-corrected chi connectivity index (χ3v) is 5.03. The molecule has 0 aromatic heterocycles. The zero-order chi connectivity index (χ0) is 16.7. The van der Waals surface area contributed by atoms with E-state index in [9.17, 15) is 14.4 Å². The number of hydrogen-bond donors (Lipinski definition) is 1. The molecule has 3 rings (SSSR count). The molecule has 0 bridgehead atoms. The van der Waals surface area contributed by atoms with Crippen molar-refractivity contribution in [2.75, 3.05) is 19.6 Å². The van der Waals surface area contributed by atoms with E-state index in [2.05, 4.69) is 15.9 Å². The molecule has 122 valence electrons. The van der Waals surface area contributed by atoms with E-state index in [-0.39, 0.29) is 24.4 Å². The van der Waals surface area contributed by atoms with Crippen molar-refractivity contribution in [2.24, 2.45) is 11.7 Å². The molecule has 0 radical (unpaired) electrons. The molecule has 1 aromatic carbocycles. The number of imide groups is 1. The number of fused-ring (bicyclic) bond motifs is 1. The highest BCUT2D eigenvalue weighted by molar-refractivity contribution is 9.10. The van der Waals surface area contributed by atoms with Crippen LogP contribution in [0.5, 0.6) is 0 Å². The van der Waals surface area contributed by atoms with Gasteiger partial charge in [0.1, 0.15) is 6.54 Å². The van der Waals surface area contributed by atoms with Crippen LogP contribution in [0.2, 0.25) is 0 Å². The summed E-state index contributed by atoms with van der Waals surface area (Å²) in [6, 6.07) is 5.01. The van der Waals surface area contributed by atoms with Gasteiger partial charge in [0.15, 0.2) is 0 Å². The summed E-state index contributed by atoms with van der Waals surface area (Å²) < 4.78 is 0.726. The van der Waals surface area contributed by atoms with Gasteiger partial charge in [-0.25, -0.2) is 0 Å². The molecular weight excluding hydrogens is 362 g/mol. The second kappa shape index (κ2) is 6.05. The van der Waals surface area contributed by atoms with E-state index in [1.165, 1.54) is 0 Å². The zero-order valence-corrected chi connectivity index (χ0v) is 14.4. The first-order chi connectivity index (χ1) is 10.9. The summed E-state index contributed by atoms with van der Waals surface area (Å²) in [4.78, 5) is 40.0. The van der Waals surface area contributed by atoms with Crippen LogP contribution in [-0.2, 0) is 4.79 Å². The number of nitrogens with two attached hydrogens (primary N) is 1. The first-order valence-corrected chi connectivity index (χ1v) is 8.37. The van der Waals surface area contributed by atoms with E-state index in [0.717, 1.165) is 15.8 Å². The van der Waals surface area contributed by atoms with E-state index in [1.54, 1.807) is 23.1 Å². The standard InChI is InChI=1S/C16H18BrN3O3/c1-9-4-10(6-18)7-19(9)14(21)8-20-15(22)12-3-2-11(17)5-13(12)16(20)23/h2-3,5,9-10H,4,6-8,18H2,1H3. The van der Waals surface area contributed by atoms with Crippen LogP contribution < -0.4 is 5.73 Å². The second-order valence-electron chi connectivity index (χ2n) is 6.12. The highest BCUT2D eigenvalue weighted by Crippen LogP contribution is 2.27. The minimum atomic E-state index is -0.415. The molecule has 2 atom stereocenters. The van der Waals surface area contributed by atoms with Crippen molar-refractivity contribution in [1.82, 2.24) is 9.80 Å². The normalized spacial score (nSPS) is 23.6. The van der Waals surface area contributed by atoms with Crippen molar-refractivity contribution in [3.63, 3.8) is 0 Å². The predicted molar refractivity (Wildman–Crippen MR) is 87.8 cm³/mol. The zero-order valence-electron chi connectivity index (χ0n) is 12.8. The van der Waals surface area contributed by atoms with E-state index in [4.69, 9.17) is 5.73 Å². The molecular formula is C16H18BrN3O3. The third kappa shape index (κ3) is 2.79. The summed E-state index contributed by atoms with van der Waals surface area (Å²) in [7, 11) is 0. The molecule has 2 N–H and O–H groups in total. The molecule has 6 nitrogen and oxygen atoms in total. The topological polar surface area (TPSA) is 83.7 Å². The van der Waals surface area contributed by atoms with Crippen molar-refractivity contribution in [3.8, 4) is 0 Å². The monoisotopic (exact) mass is 379 g/mol. The van der Waals surface area contributed by atoms with Gasteiger partial charge in [-0.15, -0.1) is 0 Å². The Morgan fingerprint density at radius 2 is 2.00 bits per heavy atom. The molecule has 0 saturated carbocycles. The molecule has 2 aliphatic rings. The minimum Gasteiger partial charge on any atom is -0.338 e. The van der Waals surface area contributed by atoms with Gasteiger partial charge in [0, 0.05) is 17.1 Å². The number of likely N-dealkylation sites (tertiary alicyclic amines) is 1. The Hall–Kier alpha value is -1.73. The summed E-state index contributed by atoms with van der Waals surface area (Å²) in [5.74, 6) is -0.746. The summed E-state index contributed by atoms with van der Waals surface area (Å²) in [6.07, 6.45) is 0.858. The summed E-state index contributed by atoms with van der Waals surface area (Å²) in [5, 5.41) is 0. The first kappa shape index (κ1) is 16.1. The van der Waals surface area contributed by atoms with Crippen LogP contribution >= 0.6 is 15.9 Å². The van der Waals surface area contributed by atoms with E-state index < -0.39 is 11.8 Å². The summed E-state index contributed by atoms with van der Waals surface area (Å²) in [6.45, 7) is 2.87. The lowest BCUT2D eigenvalue weighted by atomic mass is 10.1. The number of nitrogens with zero attached hydrogens (tertiary/aromatic N) is 2. The fourth-order valence-corrected chi connectivity index (χ4v) is 3.65. The lowest BCUT2D eigenvalue weighted by Crippen LogP contribution is -2.44. The van der Waals surface area contributed by atoms with Crippen molar-refractivity contribution in [1.29, 1.82) is 0 Å². The number of carbonyl (C=O) groups excluding carboxylic acids is 3. The Morgan fingerprint density at radius 1 is 1.30 bits per heavy atom. The number of carbonyl (C=O) groups is 3. The van der Waals surface area contributed by atoms with Crippen molar-refractivity contribution >= 4 is 33.7 Å².